The van der Waals surface area contributed by atoms with Gasteiger partial charge in [0, 0.05) is 38.4 Å². The van der Waals surface area contributed by atoms with Crippen LogP contribution in [0.4, 0.5) is 11.6 Å². The topological polar surface area (TPSA) is 79.8 Å². The zero-order valence-electron chi connectivity index (χ0n) is 15.2. The number of hydrogen-bond donors (Lipinski definition) is 1. The number of aromatic nitrogens is 2. The molecule has 0 atom stereocenters. The summed E-state index contributed by atoms with van der Waals surface area (Å²) in [4.78, 5) is 25.7. The van der Waals surface area contributed by atoms with Gasteiger partial charge in [0.25, 0.3) is 5.91 Å². The second-order valence-electron chi connectivity index (χ2n) is 6.05. The average molecular weight is 357 g/mol. The number of methoxy groups -OCH3 is 2. The fourth-order valence-electron chi connectivity index (χ4n) is 2.73. The van der Waals surface area contributed by atoms with Gasteiger partial charge in [-0.3, -0.25) is 4.79 Å². The predicted molar refractivity (Wildman–Crippen MR) is 99.2 cm³/mol. The molecule has 8 nitrogen and oxygen atoms in total. The van der Waals surface area contributed by atoms with Crippen molar-refractivity contribution in [2.24, 2.45) is 0 Å². The van der Waals surface area contributed by atoms with Crippen molar-refractivity contribution in [2.45, 2.75) is 0 Å². The first-order valence-corrected chi connectivity index (χ1v) is 8.40. The third-order valence-corrected chi connectivity index (χ3v) is 4.32. The van der Waals surface area contributed by atoms with Crippen molar-refractivity contribution in [3.63, 3.8) is 0 Å². The Kier molecular flexibility index (Phi) is 5.52. The number of anilines is 2. The summed E-state index contributed by atoms with van der Waals surface area (Å²) in [6.07, 6.45) is 1.61. The van der Waals surface area contributed by atoms with E-state index in [4.69, 9.17) is 9.47 Å². The first-order chi connectivity index (χ1) is 12.6. The number of benzene rings is 1. The van der Waals surface area contributed by atoms with Gasteiger partial charge in [0.05, 0.1) is 19.9 Å². The maximum absolute atomic E-state index is 12.6. The van der Waals surface area contributed by atoms with Crippen LogP contribution in [0.2, 0.25) is 0 Å². The van der Waals surface area contributed by atoms with E-state index >= 15 is 0 Å². The lowest BCUT2D eigenvalue weighted by Gasteiger charge is -2.32. The molecule has 1 saturated heterocycles. The molecule has 2 heterocycles. The van der Waals surface area contributed by atoms with E-state index in [1.165, 1.54) is 0 Å². The number of piperazine rings is 1. The van der Waals surface area contributed by atoms with Crippen LogP contribution in [-0.4, -0.2) is 68.2 Å². The van der Waals surface area contributed by atoms with Crippen LogP contribution in [0, 0.1) is 0 Å². The van der Waals surface area contributed by atoms with E-state index < -0.39 is 0 Å². The van der Waals surface area contributed by atoms with E-state index in [2.05, 4.69) is 32.1 Å². The SMILES string of the molecule is COc1ccc(OC)c(NC(=O)c2ccnc(N3CCN(C)CC3)n2)c1. The van der Waals surface area contributed by atoms with E-state index in [1.54, 1.807) is 44.7 Å². The molecule has 0 radical (unpaired) electrons. The molecule has 0 spiro atoms. The van der Waals surface area contributed by atoms with Crippen molar-refractivity contribution in [3.8, 4) is 11.5 Å². The molecule has 8 heteroatoms. The summed E-state index contributed by atoms with van der Waals surface area (Å²) < 4.78 is 10.5. The maximum atomic E-state index is 12.6. The molecule has 0 aliphatic carbocycles. The summed E-state index contributed by atoms with van der Waals surface area (Å²) in [7, 11) is 5.21. The number of rotatable bonds is 5. The van der Waals surface area contributed by atoms with Crippen LogP contribution in [0.25, 0.3) is 0 Å². The van der Waals surface area contributed by atoms with Crippen molar-refractivity contribution in [1.82, 2.24) is 14.9 Å². The summed E-state index contributed by atoms with van der Waals surface area (Å²) >= 11 is 0. The van der Waals surface area contributed by atoms with Crippen LogP contribution in [-0.2, 0) is 0 Å². The number of likely N-dealkylation sites (N-methyl/N-ethyl adjacent to an activating group) is 1. The molecule has 1 aromatic carbocycles. The van der Waals surface area contributed by atoms with Crippen LogP contribution >= 0.6 is 0 Å². The molecule has 2 aromatic rings. The van der Waals surface area contributed by atoms with E-state index in [9.17, 15) is 4.79 Å². The van der Waals surface area contributed by atoms with Crippen LogP contribution < -0.4 is 19.7 Å². The second-order valence-corrected chi connectivity index (χ2v) is 6.05. The highest BCUT2D eigenvalue weighted by atomic mass is 16.5. The first-order valence-electron chi connectivity index (χ1n) is 8.40. The van der Waals surface area contributed by atoms with E-state index in [0.717, 1.165) is 26.2 Å². The van der Waals surface area contributed by atoms with Gasteiger partial charge in [-0.1, -0.05) is 0 Å². The van der Waals surface area contributed by atoms with Crippen LogP contribution in [0.15, 0.2) is 30.5 Å². The zero-order chi connectivity index (χ0) is 18.5. The quantitative estimate of drug-likeness (QED) is 0.868. The lowest BCUT2D eigenvalue weighted by molar-refractivity contribution is 0.102. The molecule has 3 rings (SSSR count). The van der Waals surface area contributed by atoms with Gasteiger partial charge in [0.2, 0.25) is 5.95 Å². The molecule has 26 heavy (non-hydrogen) atoms. The summed E-state index contributed by atoms with van der Waals surface area (Å²) in [5.74, 6) is 1.42. The second kappa shape index (κ2) is 8.01. The number of hydrogen-bond acceptors (Lipinski definition) is 7. The highest BCUT2D eigenvalue weighted by Crippen LogP contribution is 2.29. The number of nitrogens with one attached hydrogen (secondary N) is 1. The predicted octanol–water partition coefficient (Wildman–Crippen LogP) is 1.50. The molecule has 0 unspecified atom stereocenters. The Morgan fingerprint density at radius 3 is 2.58 bits per heavy atom. The number of amides is 1. The lowest BCUT2D eigenvalue weighted by atomic mass is 10.2. The zero-order valence-corrected chi connectivity index (χ0v) is 15.2. The summed E-state index contributed by atoms with van der Waals surface area (Å²) in [5.41, 5.74) is 0.829. The highest BCUT2D eigenvalue weighted by molar-refractivity contribution is 6.03. The molecule has 0 saturated carbocycles. The van der Waals surface area contributed by atoms with Crippen LogP contribution in [0.3, 0.4) is 0 Å². The Morgan fingerprint density at radius 1 is 1.12 bits per heavy atom. The molecule has 1 fully saturated rings. The Balaban J connectivity index is 1.77. The summed E-state index contributed by atoms with van der Waals surface area (Å²) in [6.45, 7) is 3.57. The molecule has 138 valence electrons. The third-order valence-electron chi connectivity index (χ3n) is 4.32. The van der Waals surface area contributed by atoms with Gasteiger partial charge in [-0.25, -0.2) is 9.97 Å². The molecular formula is C18H23N5O3. The standard InChI is InChI=1S/C18H23N5O3/c1-22-8-10-23(11-9-22)18-19-7-6-14(21-18)17(24)20-15-12-13(25-2)4-5-16(15)26-3/h4-7,12H,8-11H2,1-3H3,(H,20,24). The first kappa shape index (κ1) is 17.9. The van der Waals surface area contributed by atoms with Crippen molar-refractivity contribution in [2.75, 3.05) is 57.7 Å². The minimum atomic E-state index is -0.325. The Morgan fingerprint density at radius 2 is 1.88 bits per heavy atom. The Labute approximate surface area is 152 Å². The largest absolute Gasteiger partial charge is 0.497 e. The molecular weight excluding hydrogens is 334 g/mol. The molecule has 0 bridgehead atoms. The van der Waals surface area contributed by atoms with Gasteiger partial charge in [-0.05, 0) is 25.2 Å². The van der Waals surface area contributed by atoms with Gasteiger partial charge in [-0.2, -0.15) is 0 Å². The van der Waals surface area contributed by atoms with E-state index in [1.807, 2.05) is 0 Å². The molecule has 1 aromatic heterocycles. The van der Waals surface area contributed by atoms with Gasteiger partial charge in [0.1, 0.15) is 17.2 Å². The number of carbonyl (C=O) groups excluding carboxylic acids is 1. The summed E-state index contributed by atoms with van der Waals surface area (Å²) in [5, 5.41) is 2.83. The molecule has 1 aliphatic heterocycles. The van der Waals surface area contributed by atoms with Crippen LogP contribution in [0.1, 0.15) is 10.5 Å². The van der Waals surface area contributed by atoms with E-state index in [0.29, 0.717) is 28.8 Å². The smallest absolute Gasteiger partial charge is 0.274 e. The molecule has 1 aliphatic rings. The van der Waals surface area contributed by atoms with E-state index in [-0.39, 0.29) is 5.91 Å². The number of nitrogens with zero attached hydrogens (tertiary/aromatic N) is 4. The Hall–Kier alpha value is -2.87. The van der Waals surface area contributed by atoms with Crippen molar-refractivity contribution >= 4 is 17.5 Å². The average Bonchev–Trinajstić information content (AvgIpc) is 2.68. The van der Waals surface area contributed by atoms with Crippen molar-refractivity contribution in [3.05, 3.63) is 36.2 Å². The monoisotopic (exact) mass is 357 g/mol. The van der Waals surface area contributed by atoms with Crippen LogP contribution in [0.5, 0.6) is 11.5 Å². The lowest BCUT2D eigenvalue weighted by Crippen LogP contribution is -2.45. The maximum Gasteiger partial charge on any atom is 0.274 e. The highest BCUT2D eigenvalue weighted by Gasteiger charge is 2.18. The van der Waals surface area contributed by atoms with Crippen molar-refractivity contribution < 1.29 is 14.3 Å². The Bertz CT molecular complexity index is 775. The normalized spacial score (nSPS) is 14.8. The van der Waals surface area contributed by atoms with Gasteiger partial charge in [-0.15, -0.1) is 0 Å². The minimum Gasteiger partial charge on any atom is -0.497 e. The molecule has 1 amide bonds. The van der Waals surface area contributed by atoms with Gasteiger partial charge >= 0.3 is 0 Å². The molecule has 1 N–H and O–H groups in total. The number of carbonyl (C=O) groups is 1. The van der Waals surface area contributed by atoms with Gasteiger partial charge < -0.3 is 24.6 Å². The minimum absolute atomic E-state index is 0.304. The van der Waals surface area contributed by atoms with Gasteiger partial charge in [0.15, 0.2) is 0 Å². The summed E-state index contributed by atoms with van der Waals surface area (Å²) in [6, 6.07) is 6.82. The van der Waals surface area contributed by atoms with Crippen molar-refractivity contribution in [1.29, 1.82) is 0 Å². The number of ether oxygens (including phenoxy) is 2. The third kappa shape index (κ3) is 4.02. The fraction of sp³-hybridized carbons (Fsp3) is 0.389. The fourth-order valence-corrected chi connectivity index (χ4v) is 2.73.